The van der Waals surface area contributed by atoms with E-state index in [1.54, 1.807) is 17.0 Å². The molecule has 5 heteroatoms. The van der Waals surface area contributed by atoms with Gasteiger partial charge in [0, 0.05) is 20.1 Å². The van der Waals surface area contributed by atoms with Gasteiger partial charge in [-0.05, 0) is 30.3 Å². The summed E-state index contributed by atoms with van der Waals surface area (Å²) in [5, 5.41) is 0.953. The Morgan fingerprint density at radius 3 is 2.42 bits per heavy atom. The van der Waals surface area contributed by atoms with Gasteiger partial charge in [-0.2, -0.15) is 0 Å². The van der Waals surface area contributed by atoms with Crippen LogP contribution in [-0.4, -0.2) is 42.9 Å². The van der Waals surface area contributed by atoms with Gasteiger partial charge in [0.05, 0.1) is 22.5 Å². The fourth-order valence-electron chi connectivity index (χ4n) is 2.84. The first kappa shape index (κ1) is 20.5. The summed E-state index contributed by atoms with van der Waals surface area (Å²) < 4.78 is 0. The number of rotatable bonds is 8. The van der Waals surface area contributed by atoms with Crippen LogP contribution in [0.3, 0.4) is 0 Å². The van der Waals surface area contributed by atoms with Crippen molar-refractivity contribution in [1.82, 2.24) is 9.80 Å². The Bertz CT molecular complexity index is 749. The van der Waals surface area contributed by atoms with Gasteiger partial charge in [0.25, 0.3) is 0 Å². The van der Waals surface area contributed by atoms with Gasteiger partial charge in [0.15, 0.2) is 0 Å². The van der Waals surface area contributed by atoms with E-state index >= 15 is 0 Å². The molecule has 0 saturated carbocycles. The van der Waals surface area contributed by atoms with Crippen LogP contribution in [0.5, 0.6) is 0 Å². The van der Waals surface area contributed by atoms with E-state index in [9.17, 15) is 4.79 Å². The maximum Gasteiger partial charge on any atom is 0.227 e. The lowest BCUT2D eigenvalue weighted by Gasteiger charge is -2.32. The smallest absolute Gasteiger partial charge is 0.227 e. The van der Waals surface area contributed by atoms with Crippen LogP contribution in [0.2, 0.25) is 10.0 Å². The minimum Gasteiger partial charge on any atom is -0.337 e. The third-order valence-electron chi connectivity index (χ3n) is 4.31. The number of hydrogen-bond donors (Lipinski definition) is 0. The first-order valence-electron chi connectivity index (χ1n) is 8.46. The summed E-state index contributed by atoms with van der Waals surface area (Å²) in [6, 6.07) is 15.3. The lowest BCUT2D eigenvalue weighted by molar-refractivity contribution is -0.131. The van der Waals surface area contributed by atoms with E-state index in [-0.39, 0.29) is 18.4 Å². The first-order chi connectivity index (χ1) is 12.4. The SMILES string of the molecule is C=CCN(C)C[C@H](c1ccccc1)N(C)C(=O)Cc1ccc(Cl)c(Cl)c1. The Labute approximate surface area is 165 Å². The molecular weight excluding hydrogens is 367 g/mol. The molecule has 3 nitrogen and oxygen atoms in total. The van der Waals surface area contributed by atoms with Gasteiger partial charge in [0.2, 0.25) is 5.91 Å². The van der Waals surface area contributed by atoms with Crippen molar-refractivity contribution < 1.29 is 4.79 Å². The summed E-state index contributed by atoms with van der Waals surface area (Å²) >= 11 is 12.0. The Kier molecular flexibility index (Phi) is 7.70. The van der Waals surface area contributed by atoms with E-state index < -0.39 is 0 Å². The van der Waals surface area contributed by atoms with E-state index in [4.69, 9.17) is 23.2 Å². The minimum atomic E-state index is -0.0450. The molecular formula is C21H24Cl2N2O. The summed E-state index contributed by atoms with van der Waals surface area (Å²) in [4.78, 5) is 16.8. The van der Waals surface area contributed by atoms with Gasteiger partial charge in [0.1, 0.15) is 0 Å². The number of hydrogen-bond acceptors (Lipinski definition) is 2. The third-order valence-corrected chi connectivity index (χ3v) is 5.05. The van der Waals surface area contributed by atoms with E-state index in [1.807, 2.05) is 44.4 Å². The van der Waals surface area contributed by atoms with Crippen LogP contribution in [0.4, 0.5) is 0 Å². The average Bonchev–Trinajstić information content (AvgIpc) is 2.63. The molecule has 138 valence electrons. The van der Waals surface area contributed by atoms with E-state index in [0.717, 1.165) is 24.2 Å². The number of carbonyl (C=O) groups excluding carboxylic acids is 1. The largest absolute Gasteiger partial charge is 0.337 e. The molecule has 1 atom stereocenters. The van der Waals surface area contributed by atoms with Crippen molar-refractivity contribution in [1.29, 1.82) is 0 Å². The molecule has 26 heavy (non-hydrogen) atoms. The van der Waals surface area contributed by atoms with Crippen LogP contribution in [0.1, 0.15) is 17.2 Å². The van der Waals surface area contributed by atoms with Gasteiger partial charge >= 0.3 is 0 Å². The highest BCUT2D eigenvalue weighted by Gasteiger charge is 2.23. The van der Waals surface area contributed by atoms with Crippen LogP contribution in [-0.2, 0) is 11.2 Å². The standard InChI is InChI=1S/C21H24Cl2N2O/c1-4-12-24(2)15-20(17-8-6-5-7-9-17)25(3)21(26)14-16-10-11-18(22)19(23)13-16/h4-11,13,20H,1,12,14-15H2,2-3H3/t20-/m1/s1. The monoisotopic (exact) mass is 390 g/mol. The Balaban J connectivity index is 2.18. The van der Waals surface area contributed by atoms with Gasteiger partial charge in [-0.15, -0.1) is 6.58 Å². The highest BCUT2D eigenvalue weighted by molar-refractivity contribution is 6.42. The Morgan fingerprint density at radius 1 is 1.12 bits per heavy atom. The molecule has 0 unspecified atom stereocenters. The normalized spacial score (nSPS) is 12.0. The van der Waals surface area contributed by atoms with Crippen molar-refractivity contribution in [3.05, 3.63) is 82.4 Å². The maximum atomic E-state index is 12.9. The van der Waals surface area contributed by atoms with Crippen LogP contribution in [0.25, 0.3) is 0 Å². The zero-order chi connectivity index (χ0) is 19.1. The van der Waals surface area contributed by atoms with Crippen molar-refractivity contribution in [2.45, 2.75) is 12.5 Å². The summed E-state index contributed by atoms with van der Waals surface area (Å²) in [7, 11) is 3.87. The molecule has 0 heterocycles. The van der Waals surface area contributed by atoms with Crippen LogP contribution in [0, 0.1) is 0 Å². The Morgan fingerprint density at radius 2 is 1.81 bits per heavy atom. The van der Waals surface area contributed by atoms with Crippen molar-refractivity contribution in [3.8, 4) is 0 Å². The quantitative estimate of drug-likeness (QED) is 0.601. The van der Waals surface area contributed by atoms with E-state index in [2.05, 4.69) is 23.6 Å². The van der Waals surface area contributed by atoms with E-state index in [0.29, 0.717) is 10.0 Å². The maximum absolute atomic E-state index is 12.9. The highest BCUT2D eigenvalue weighted by atomic mass is 35.5. The molecule has 0 aliphatic carbocycles. The number of nitrogens with zero attached hydrogens (tertiary/aromatic N) is 2. The minimum absolute atomic E-state index is 0.0317. The predicted octanol–water partition coefficient (Wildman–Crippen LogP) is 4.85. The number of likely N-dealkylation sites (N-methyl/N-ethyl adjacent to an activating group) is 2. The molecule has 0 saturated heterocycles. The lowest BCUT2D eigenvalue weighted by atomic mass is 10.0. The zero-order valence-electron chi connectivity index (χ0n) is 15.2. The van der Waals surface area contributed by atoms with Gasteiger partial charge < -0.3 is 9.80 Å². The summed E-state index contributed by atoms with van der Waals surface area (Å²) in [6.07, 6.45) is 2.14. The molecule has 2 aromatic rings. The molecule has 1 amide bonds. The Hall–Kier alpha value is -1.81. The van der Waals surface area contributed by atoms with Crippen molar-refractivity contribution >= 4 is 29.1 Å². The topological polar surface area (TPSA) is 23.6 Å². The molecule has 0 fully saturated rings. The van der Waals surface area contributed by atoms with Crippen molar-refractivity contribution in [2.75, 3.05) is 27.2 Å². The summed E-state index contributed by atoms with van der Waals surface area (Å²) in [6.45, 7) is 5.27. The zero-order valence-corrected chi connectivity index (χ0v) is 16.7. The first-order valence-corrected chi connectivity index (χ1v) is 9.22. The van der Waals surface area contributed by atoms with Gasteiger partial charge in [-0.3, -0.25) is 4.79 Å². The summed E-state index contributed by atoms with van der Waals surface area (Å²) in [5.41, 5.74) is 1.95. The third kappa shape index (κ3) is 5.60. The fraction of sp³-hybridized carbons (Fsp3) is 0.286. The van der Waals surface area contributed by atoms with Crippen LogP contribution < -0.4 is 0 Å². The fourth-order valence-corrected chi connectivity index (χ4v) is 3.16. The average molecular weight is 391 g/mol. The molecule has 0 N–H and O–H groups in total. The lowest BCUT2D eigenvalue weighted by Crippen LogP contribution is -2.38. The van der Waals surface area contributed by atoms with Crippen molar-refractivity contribution in [3.63, 3.8) is 0 Å². The van der Waals surface area contributed by atoms with Crippen LogP contribution >= 0.6 is 23.2 Å². The molecule has 0 radical (unpaired) electrons. The van der Waals surface area contributed by atoms with Crippen LogP contribution in [0.15, 0.2) is 61.2 Å². The number of carbonyl (C=O) groups is 1. The highest BCUT2D eigenvalue weighted by Crippen LogP contribution is 2.25. The molecule has 0 aromatic heterocycles. The molecule has 0 bridgehead atoms. The van der Waals surface area contributed by atoms with Crippen molar-refractivity contribution in [2.24, 2.45) is 0 Å². The van der Waals surface area contributed by atoms with Gasteiger partial charge in [-0.25, -0.2) is 0 Å². The second-order valence-corrected chi connectivity index (χ2v) is 7.18. The molecule has 0 aliphatic heterocycles. The molecule has 2 aromatic carbocycles. The second-order valence-electron chi connectivity index (χ2n) is 6.37. The summed E-state index contributed by atoms with van der Waals surface area (Å²) in [5.74, 6) is 0.0317. The van der Waals surface area contributed by atoms with E-state index in [1.165, 1.54) is 0 Å². The molecule has 0 aliphatic rings. The number of amides is 1. The number of benzene rings is 2. The molecule has 2 rings (SSSR count). The van der Waals surface area contributed by atoms with Gasteiger partial charge in [-0.1, -0.05) is 65.7 Å². The molecule has 0 spiro atoms. The second kappa shape index (κ2) is 9.77. The predicted molar refractivity (Wildman–Crippen MR) is 110 cm³/mol. The number of halogens is 2.